The summed E-state index contributed by atoms with van der Waals surface area (Å²) in [7, 11) is 0. The van der Waals surface area contributed by atoms with E-state index in [4.69, 9.17) is 0 Å². The molecule has 0 aliphatic heterocycles. The molecule has 0 fully saturated rings. The van der Waals surface area contributed by atoms with Crippen LogP contribution in [0, 0.1) is 0 Å². The molecule has 0 saturated carbocycles. The van der Waals surface area contributed by atoms with Gasteiger partial charge in [0.1, 0.15) is 5.75 Å². The van der Waals surface area contributed by atoms with Gasteiger partial charge < -0.3 is 5.11 Å². The van der Waals surface area contributed by atoms with E-state index >= 15 is 0 Å². The van der Waals surface area contributed by atoms with Gasteiger partial charge in [-0.1, -0.05) is 109 Å². The molecule has 0 saturated heterocycles. The van der Waals surface area contributed by atoms with Crippen LogP contribution in [0.1, 0.15) is 41.3 Å². The second kappa shape index (κ2) is 9.43. The largest absolute Gasteiger partial charge is 0.508 e. The first kappa shape index (κ1) is 19.9. The van der Waals surface area contributed by atoms with E-state index in [-0.39, 0.29) is 12.1 Å². The molecule has 0 aliphatic rings. The number of hydrogen-bond donors (Lipinski definition) is 1. The van der Waals surface area contributed by atoms with Crippen molar-refractivity contribution in [2.75, 3.05) is 0 Å². The van der Waals surface area contributed by atoms with Crippen LogP contribution in [0.4, 0.5) is 0 Å². The molecular formula is C28H27NO. The summed E-state index contributed by atoms with van der Waals surface area (Å²) in [5.41, 5.74) is 4.58. The van der Waals surface area contributed by atoms with Crippen molar-refractivity contribution in [2.45, 2.75) is 25.6 Å². The highest BCUT2D eigenvalue weighted by Gasteiger charge is 2.29. The number of phenolic OH excluding ortho intramolecular Hbond substituents is 1. The van der Waals surface area contributed by atoms with Crippen LogP contribution in [0.15, 0.2) is 115 Å². The van der Waals surface area contributed by atoms with Crippen LogP contribution < -0.4 is 0 Å². The molecule has 2 heteroatoms. The maximum Gasteiger partial charge on any atom is 0.120 e. The van der Waals surface area contributed by atoms with Crippen LogP contribution in [0.5, 0.6) is 5.75 Å². The predicted octanol–water partition coefficient (Wildman–Crippen LogP) is 6.75. The summed E-state index contributed by atoms with van der Waals surface area (Å²) in [5, 5.41) is 10.8. The van der Waals surface area contributed by atoms with E-state index in [0.29, 0.717) is 5.75 Å². The van der Waals surface area contributed by atoms with Crippen LogP contribution in [0.2, 0.25) is 0 Å². The zero-order valence-electron chi connectivity index (χ0n) is 17.2. The van der Waals surface area contributed by atoms with Crippen molar-refractivity contribution in [3.05, 3.63) is 138 Å². The third kappa shape index (κ3) is 4.45. The minimum Gasteiger partial charge on any atom is -0.508 e. The molecule has 2 nitrogen and oxygen atoms in total. The quantitative estimate of drug-likeness (QED) is 0.376. The number of hydrogen-bond acceptors (Lipinski definition) is 2. The fraction of sp³-hybridized carbons (Fsp3) is 0.143. The van der Waals surface area contributed by atoms with Crippen molar-refractivity contribution in [2.24, 2.45) is 0 Å². The second-order valence-corrected chi connectivity index (χ2v) is 7.62. The molecule has 4 rings (SSSR count). The summed E-state index contributed by atoms with van der Waals surface area (Å²) in [6, 6.07) is 39.3. The van der Waals surface area contributed by atoms with Crippen molar-refractivity contribution in [1.29, 1.82) is 0 Å². The smallest absolute Gasteiger partial charge is 0.120 e. The van der Waals surface area contributed by atoms with Crippen LogP contribution in [-0.2, 0) is 6.54 Å². The van der Waals surface area contributed by atoms with Crippen LogP contribution in [0.3, 0.4) is 0 Å². The SMILES string of the molecule is C[C@H](c1ccccc1)N(Cc1ccccc1)[C@H](c1ccccc1)c1ccccc1O. The molecule has 30 heavy (non-hydrogen) atoms. The molecule has 0 spiro atoms. The van der Waals surface area contributed by atoms with Crippen molar-refractivity contribution >= 4 is 0 Å². The minimum atomic E-state index is -0.0807. The summed E-state index contributed by atoms with van der Waals surface area (Å²) in [6.45, 7) is 3.01. The molecule has 0 aromatic heterocycles. The Morgan fingerprint density at radius 3 is 1.73 bits per heavy atom. The van der Waals surface area contributed by atoms with Crippen molar-refractivity contribution < 1.29 is 5.11 Å². The van der Waals surface area contributed by atoms with Gasteiger partial charge in [-0.3, -0.25) is 4.90 Å². The molecule has 0 heterocycles. The lowest BCUT2D eigenvalue weighted by Crippen LogP contribution is -2.32. The minimum absolute atomic E-state index is 0.0807. The van der Waals surface area contributed by atoms with Gasteiger partial charge in [-0.05, 0) is 29.7 Å². The van der Waals surface area contributed by atoms with Gasteiger partial charge >= 0.3 is 0 Å². The first-order valence-corrected chi connectivity index (χ1v) is 10.4. The average Bonchev–Trinajstić information content (AvgIpc) is 2.81. The maximum atomic E-state index is 10.8. The Morgan fingerprint density at radius 2 is 1.13 bits per heavy atom. The van der Waals surface area contributed by atoms with Crippen LogP contribution in [-0.4, -0.2) is 10.0 Å². The van der Waals surface area contributed by atoms with Crippen molar-refractivity contribution in [1.82, 2.24) is 4.90 Å². The van der Waals surface area contributed by atoms with E-state index in [2.05, 4.69) is 90.7 Å². The Kier molecular flexibility index (Phi) is 6.26. The standard InChI is InChI=1S/C28H27NO/c1-22(24-15-7-3-8-16-24)29(21-23-13-5-2-6-14-23)28(25-17-9-4-10-18-25)26-19-11-12-20-27(26)30/h2-20,22,28,30H,21H2,1H3/t22-,28-/m1/s1. The Bertz CT molecular complexity index is 1050. The molecule has 0 bridgehead atoms. The number of rotatable bonds is 7. The summed E-state index contributed by atoms with van der Waals surface area (Å²) in [5.74, 6) is 0.324. The first-order chi connectivity index (χ1) is 14.7. The monoisotopic (exact) mass is 393 g/mol. The maximum absolute atomic E-state index is 10.8. The van der Waals surface area contributed by atoms with Gasteiger partial charge in [-0.25, -0.2) is 0 Å². The Hall–Kier alpha value is -3.36. The zero-order valence-corrected chi connectivity index (χ0v) is 17.2. The Balaban J connectivity index is 1.85. The van der Waals surface area contributed by atoms with E-state index in [1.54, 1.807) is 6.07 Å². The number of benzene rings is 4. The summed E-state index contributed by atoms with van der Waals surface area (Å²) in [6.07, 6.45) is 0. The molecule has 4 aromatic rings. The van der Waals surface area contributed by atoms with Gasteiger partial charge in [0.2, 0.25) is 0 Å². The Morgan fingerprint density at radius 1 is 0.633 bits per heavy atom. The highest BCUT2D eigenvalue weighted by molar-refractivity contribution is 5.41. The fourth-order valence-corrected chi connectivity index (χ4v) is 4.07. The highest BCUT2D eigenvalue weighted by atomic mass is 16.3. The highest BCUT2D eigenvalue weighted by Crippen LogP contribution is 2.39. The summed E-state index contributed by atoms with van der Waals surface area (Å²) < 4.78 is 0. The fourth-order valence-electron chi connectivity index (χ4n) is 4.07. The lowest BCUT2D eigenvalue weighted by molar-refractivity contribution is 0.155. The molecular weight excluding hydrogens is 366 g/mol. The van der Waals surface area contributed by atoms with Crippen molar-refractivity contribution in [3.8, 4) is 5.75 Å². The molecule has 0 radical (unpaired) electrons. The lowest BCUT2D eigenvalue weighted by Gasteiger charge is -2.38. The third-order valence-corrected chi connectivity index (χ3v) is 5.67. The molecule has 4 aromatic carbocycles. The van der Waals surface area contributed by atoms with Gasteiger partial charge in [-0.15, -0.1) is 0 Å². The van der Waals surface area contributed by atoms with Crippen molar-refractivity contribution in [3.63, 3.8) is 0 Å². The Labute approximate surface area is 179 Å². The average molecular weight is 394 g/mol. The summed E-state index contributed by atoms with van der Waals surface area (Å²) >= 11 is 0. The summed E-state index contributed by atoms with van der Waals surface area (Å²) in [4.78, 5) is 2.47. The first-order valence-electron chi connectivity index (χ1n) is 10.4. The molecule has 0 amide bonds. The molecule has 0 unspecified atom stereocenters. The molecule has 150 valence electrons. The van der Waals surface area contributed by atoms with Gasteiger partial charge in [-0.2, -0.15) is 0 Å². The van der Waals surface area contributed by atoms with E-state index in [0.717, 1.165) is 17.7 Å². The van der Waals surface area contributed by atoms with E-state index in [9.17, 15) is 5.11 Å². The van der Waals surface area contributed by atoms with Gasteiger partial charge in [0.15, 0.2) is 0 Å². The number of aromatic hydroxyl groups is 1. The topological polar surface area (TPSA) is 23.5 Å². The number of para-hydroxylation sites is 1. The van der Waals surface area contributed by atoms with E-state index < -0.39 is 0 Å². The van der Waals surface area contributed by atoms with E-state index in [1.165, 1.54) is 11.1 Å². The predicted molar refractivity (Wildman–Crippen MR) is 123 cm³/mol. The molecule has 1 N–H and O–H groups in total. The normalized spacial score (nSPS) is 13.1. The third-order valence-electron chi connectivity index (χ3n) is 5.67. The van der Waals surface area contributed by atoms with Gasteiger partial charge in [0.05, 0.1) is 6.04 Å². The number of phenols is 1. The van der Waals surface area contributed by atoms with Crippen LogP contribution >= 0.6 is 0 Å². The lowest BCUT2D eigenvalue weighted by atomic mass is 9.93. The van der Waals surface area contributed by atoms with Gasteiger partial charge in [0, 0.05) is 18.2 Å². The molecule has 2 atom stereocenters. The van der Waals surface area contributed by atoms with Crippen LogP contribution in [0.25, 0.3) is 0 Å². The second-order valence-electron chi connectivity index (χ2n) is 7.62. The zero-order chi connectivity index (χ0) is 20.8. The number of nitrogens with zero attached hydrogens (tertiary/aromatic N) is 1. The van der Waals surface area contributed by atoms with Gasteiger partial charge in [0.25, 0.3) is 0 Å². The molecule has 0 aliphatic carbocycles. The van der Waals surface area contributed by atoms with E-state index in [1.807, 2.05) is 30.3 Å².